The molecule has 140 valence electrons. The Kier molecular flexibility index (Phi) is 4.37. The molecule has 2 aliphatic carbocycles. The van der Waals surface area contributed by atoms with Gasteiger partial charge in [0.2, 0.25) is 5.91 Å². The summed E-state index contributed by atoms with van der Waals surface area (Å²) in [6.07, 6.45) is 1.66. The highest BCUT2D eigenvalue weighted by Crippen LogP contribution is 2.58. The Labute approximate surface area is 152 Å². The lowest BCUT2D eigenvalue weighted by Crippen LogP contribution is -2.50. The SMILES string of the molecule is CCc1cc(C2C3CN(C(=O)C4CC(NC(=O)OC)C4)CC32)ccc1F. The zero-order chi connectivity index (χ0) is 18.4. The molecule has 1 heterocycles. The molecule has 0 aromatic heterocycles. The minimum atomic E-state index is -0.433. The van der Waals surface area contributed by atoms with Crippen LogP contribution in [0.4, 0.5) is 9.18 Å². The third kappa shape index (κ3) is 2.95. The molecule has 2 amide bonds. The average molecular weight is 360 g/mol. The van der Waals surface area contributed by atoms with Gasteiger partial charge in [-0.3, -0.25) is 4.79 Å². The summed E-state index contributed by atoms with van der Waals surface area (Å²) in [6, 6.07) is 5.53. The highest BCUT2D eigenvalue weighted by Gasteiger charge is 2.57. The molecule has 2 saturated carbocycles. The number of piperidine rings is 1. The maximum Gasteiger partial charge on any atom is 0.407 e. The number of nitrogens with one attached hydrogen (secondary N) is 1. The van der Waals surface area contributed by atoms with E-state index in [-0.39, 0.29) is 23.7 Å². The number of likely N-dealkylation sites (tertiary alicyclic amines) is 1. The van der Waals surface area contributed by atoms with Crippen molar-refractivity contribution in [1.82, 2.24) is 10.2 Å². The number of nitrogens with zero attached hydrogens (tertiary/aromatic N) is 1. The summed E-state index contributed by atoms with van der Waals surface area (Å²) in [5.74, 6) is 1.60. The van der Waals surface area contributed by atoms with Crippen molar-refractivity contribution in [2.45, 2.75) is 38.1 Å². The number of amides is 2. The Balaban J connectivity index is 1.28. The van der Waals surface area contributed by atoms with E-state index in [4.69, 9.17) is 0 Å². The van der Waals surface area contributed by atoms with Crippen molar-refractivity contribution in [3.05, 3.63) is 35.1 Å². The molecule has 1 N–H and O–H groups in total. The number of carbonyl (C=O) groups excluding carboxylic acids is 2. The summed E-state index contributed by atoms with van der Waals surface area (Å²) in [5.41, 5.74) is 2.00. The van der Waals surface area contributed by atoms with Crippen LogP contribution in [0.15, 0.2) is 18.2 Å². The molecular formula is C20H25FN2O3. The lowest BCUT2D eigenvalue weighted by Gasteiger charge is -2.37. The van der Waals surface area contributed by atoms with Crippen LogP contribution < -0.4 is 5.32 Å². The molecule has 3 fully saturated rings. The van der Waals surface area contributed by atoms with Crippen LogP contribution in [-0.4, -0.2) is 43.1 Å². The number of ether oxygens (including phenoxy) is 1. The number of halogens is 1. The second kappa shape index (κ2) is 6.56. The highest BCUT2D eigenvalue weighted by atomic mass is 19.1. The standard InChI is InChI=1S/C20H25FN2O3/c1-3-11-6-12(4-5-17(11)21)18-15-9-23(10-16(15)18)19(24)13-7-14(8-13)22-20(25)26-2/h4-6,13-16,18H,3,7-10H2,1-2H3,(H,22,25). The lowest BCUT2D eigenvalue weighted by molar-refractivity contribution is -0.138. The van der Waals surface area contributed by atoms with E-state index in [1.54, 1.807) is 6.07 Å². The van der Waals surface area contributed by atoms with Gasteiger partial charge in [-0.1, -0.05) is 19.1 Å². The lowest BCUT2D eigenvalue weighted by atomic mass is 9.79. The van der Waals surface area contributed by atoms with Crippen LogP contribution in [0, 0.1) is 23.6 Å². The van der Waals surface area contributed by atoms with E-state index < -0.39 is 6.09 Å². The first-order valence-corrected chi connectivity index (χ1v) is 9.43. The first-order valence-electron chi connectivity index (χ1n) is 9.43. The topological polar surface area (TPSA) is 58.6 Å². The van der Waals surface area contributed by atoms with Gasteiger partial charge in [-0.25, -0.2) is 9.18 Å². The number of aryl methyl sites for hydroxylation is 1. The third-order valence-electron chi connectivity index (χ3n) is 6.34. The molecular weight excluding hydrogens is 335 g/mol. The zero-order valence-electron chi connectivity index (χ0n) is 15.2. The molecule has 1 aromatic rings. The average Bonchev–Trinajstić information content (AvgIpc) is 3.10. The van der Waals surface area contributed by atoms with Gasteiger partial charge in [-0.05, 0) is 54.2 Å². The van der Waals surface area contributed by atoms with E-state index >= 15 is 0 Å². The van der Waals surface area contributed by atoms with E-state index in [0.29, 0.717) is 37.0 Å². The normalized spacial score (nSPS) is 31.8. The van der Waals surface area contributed by atoms with Gasteiger partial charge in [0.05, 0.1) is 7.11 Å². The second-order valence-corrected chi connectivity index (χ2v) is 7.80. The highest BCUT2D eigenvalue weighted by molar-refractivity contribution is 5.81. The summed E-state index contributed by atoms with van der Waals surface area (Å²) in [7, 11) is 1.34. The van der Waals surface area contributed by atoms with Gasteiger partial charge in [0.25, 0.3) is 0 Å². The van der Waals surface area contributed by atoms with Crippen molar-refractivity contribution in [2.24, 2.45) is 17.8 Å². The van der Waals surface area contributed by atoms with Crippen LogP contribution in [0.25, 0.3) is 0 Å². The Hall–Kier alpha value is -2.11. The van der Waals surface area contributed by atoms with E-state index in [1.165, 1.54) is 12.7 Å². The molecule has 1 saturated heterocycles. The second-order valence-electron chi connectivity index (χ2n) is 7.80. The predicted octanol–water partition coefficient (Wildman–Crippen LogP) is 2.69. The number of alkyl carbamates (subject to hydrolysis) is 1. The van der Waals surface area contributed by atoms with E-state index in [1.807, 2.05) is 24.0 Å². The molecule has 0 bridgehead atoms. The van der Waals surface area contributed by atoms with Gasteiger partial charge >= 0.3 is 6.09 Å². The number of hydrogen-bond acceptors (Lipinski definition) is 3. The first-order chi connectivity index (χ1) is 12.5. The number of carbonyl (C=O) groups is 2. The molecule has 2 atom stereocenters. The Morgan fingerprint density at radius 3 is 2.58 bits per heavy atom. The molecule has 0 spiro atoms. The molecule has 5 nitrogen and oxygen atoms in total. The number of fused-ring (bicyclic) bond motifs is 1. The van der Waals surface area contributed by atoms with Gasteiger partial charge < -0.3 is 15.0 Å². The fourth-order valence-corrected chi connectivity index (χ4v) is 4.69. The van der Waals surface area contributed by atoms with Crippen LogP contribution in [0.2, 0.25) is 0 Å². The number of rotatable bonds is 4. The van der Waals surface area contributed by atoms with Crippen LogP contribution in [0.3, 0.4) is 0 Å². The van der Waals surface area contributed by atoms with Gasteiger partial charge in [0, 0.05) is 25.0 Å². The van der Waals surface area contributed by atoms with Gasteiger partial charge in [0.1, 0.15) is 5.82 Å². The first kappa shape index (κ1) is 17.3. The fourth-order valence-electron chi connectivity index (χ4n) is 4.69. The molecule has 4 rings (SSSR count). The summed E-state index contributed by atoms with van der Waals surface area (Å²) < 4.78 is 18.3. The number of hydrogen-bond donors (Lipinski definition) is 1. The molecule has 1 aliphatic heterocycles. The van der Waals surface area contributed by atoms with Crippen molar-refractivity contribution in [1.29, 1.82) is 0 Å². The van der Waals surface area contributed by atoms with Crippen LogP contribution >= 0.6 is 0 Å². The summed E-state index contributed by atoms with van der Waals surface area (Å²) in [6.45, 7) is 3.58. The van der Waals surface area contributed by atoms with Crippen molar-refractivity contribution in [2.75, 3.05) is 20.2 Å². The molecule has 1 aromatic carbocycles. The quantitative estimate of drug-likeness (QED) is 0.898. The summed E-state index contributed by atoms with van der Waals surface area (Å²) in [5, 5.41) is 2.74. The van der Waals surface area contributed by atoms with Gasteiger partial charge in [-0.2, -0.15) is 0 Å². The summed E-state index contributed by atoms with van der Waals surface area (Å²) in [4.78, 5) is 25.8. The Morgan fingerprint density at radius 1 is 1.27 bits per heavy atom. The van der Waals surface area contributed by atoms with Gasteiger partial charge in [0.15, 0.2) is 0 Å². The molecule has 26 heavy (non-hydrogen) atoms. The minimum Gasteiger partial charge on any atom is -0.453 e. The number of methoxy groups -OCH3 is 1. The van der Waals surface area contributed by atoms with Crippen molar-refractivity contribution in [3.8, 4) is 0 Å². The molecule has 6 heteroatoms. The minimum absolute atomic E-state index is 0.0191. The zero-order valence-corrected chi connectivity index (χ0v) is 15.2. The Morgan fingerprint density at radius 2 is 1.96 bits per heavy atom. The largest absolute Gasteiger partial charge is 0.453 e. The Bertz CT molecular complexity index is 720. The van der Waals surface area contributed by atoms with Crippen LogP contribution in [0.1, 0.15) is 36.8 Å². The maximum absolute atomic E-state index is 13.7. The molecule has 2 unspecified atom stereocenters. The molecule has 3 aliphatic rings. The van der Waals surface area contributed by atoms with E-state index in [9.17, 15) is 14.0 Å². The van der Waals surface area contributed by atoms with Crippen molar-refractivity contribution >= 4 is 12.0 Å². The van der Waals surface area contributed by atoms with Crippen molar-refractivity contribution < 1.29 is 18.7 Å². The predicted molar refractivity (Wildman–Crippen MR) is 94.1 cm³/mol. The smallest absolute Gasteiger partial charge is 0.407 e. The van der Waals surface area contributed by atoms with E-state index in [0.717, 1.165) is 18.7 Å². The molecule has 0 radical (unpaired) electrons. The van der Waals surface area contributed by atoms with Crippen molar-refractivity contribution in [3.63, 3.8) is 0 Å². The number of benzene rings is 1. The van der Waals surface area contributed by atoms with E-state index in [2.05, 4.69) is 10.1 Å². The summed E-state index contributed by atoms with van der Waals surface area (Å²) >= 11 is 0. The van der Waals surface area contributed by atoms with Gasteiger partial charge in [-0.15, -0.1) is 0 Å². The third-order valence-corrected chi connectivity index (χ3v) is 6.34. The monoisotopic (exact) mass is 360 g/mol. The maximum atomic E-state index is 13.7. The fraction of sp³-hybridized carbons (Fsp3) is 0.600. The van der Waals surface area contributed by atoms with Crippen LogP contribution in [-0.2, 0) is 16.0 Å². The van der Waals surface area contributed by atoms with Crippen LogP contribution in [0.5, 0.6) is 0 Å².